The Kier molecular flexibility index (Phi) is 5.06. The van der Waals surface area contributed by atoms with Crippen molar-refractivity contribution in [3.05, 3.63) is 72.4 Å². The minimum Gasteiger partial charge on any atom is -0.350 e. The summed E-state index contributed by atoms with van der Waals surface area (Å²) in [5, 5.41) is 7.87. The number of amides is 2. The summed E-state index contributed by atoms with van der Waals surface area (Å²) in [6.07, 6.45) is 3.30. The highest BCUT2D eigenvalue weighted by Crippen LogP contribution is 2.47. The average Bonchev–Trinajstić information content (AvgIpc) is 3.46. The third kappa shape index (κ3) is 3.63. The predicted molar refractivity (Wildman–Crippen MR) is 122 cm³/mol. The van der Waals surface area contributed by atoms with Crippen LogP contribution in [0.4, 0.5) is 0 Å². The Bertz CT molecular complexity index is 1120. The lowest BCUT2D eigenvalue weighted by atomic mass is 10.1. The number of hydrogen-bond acceptors (Lipinski definition) is 4. The summed E-state index contributed by atoms with van der Waals surface area (Å²) in [5.41, 5.74) is 3.74. The molecule has 1 N–H and O–H groups in total. The Labute approximate surface area is 185 Å². The van der Waals surface area contributed by atoms with E-state index in [4.69, 9.17) is 5.10 Å². The minimum absolute atomic E-state index is 0.0783. The second-order valence-corrected chi connectivity index (χ2v) is 9.63. The van der Waals surface area contributed by atoms with Gasteiger partial charge in [0.15, 0.2) is 0 Å². The van der Waals surface area contributed by atoms with Gasteiger partial charge in [-0.2, -0.15) is 5.10 Å². The van der Waals surface area contributed by atoms with Gasteiger partial charge in [-0.15, -0.1) is 11.8 Å². The molecular formula is C24H24N4O2S. The van der Waals surface area contributed by atoms with Gasteiger partial charge in [0.1, 0.15) is 6.04 Å². The number of aromatic nitrogens is 2. The van der Waals surface area contributed by atoms with Crippen molar-refractivity contribution < 1.29 is 9.59 Å². The van der Waals surface area contributed by atoms with E-state index in [1.165, 1.54) is 0 Å². The SMILES string of the molecule is C[C@]12CCC(=O)N1[C@H](C(=O)NCc1cn(-c3ccccc3)nc1-c1ccccc1)CS2. The maximum absolute atomic E-state index is 13.0. The van der Waals surface area contributed by atoms with Crippen LogP contribution < -0.4 is 5.32 Å². The Morgan fingerprint density at radius 2 is 1.87 bits per heavy atom. The monoisotopic (exact) mass is 432 g/mol. The fraction of sp³-hybridized carbons (Fsp3) is 0.292. The molecule has 3 aromatic rings. The van der Waals surface area contributed by atoms with Gasteiger partial charge >= 0.3 is 0 Å². The van der Waals surface area contributed by atoms with E-state index < -0.39 is 6.04 Å². The Morgan fingerprint density at radius 3 is 2.61 bits per heavy atom. The Hall–Kier alpha value is -3.06. The van der Waals surface area contributed by atoms with Gasteiger partial charge in [0.2, 0.25) is 11.8 Å². The van der Waals surface area contributed by atoms with Crippen molar-refractivity contribution in [1.29, 1.82) is 0 Å². The van der Waals surface area contributed by atoms with Crippen LogP contribution >= 0.6 is 11.8 Å². The van der Waals surface area contributed by atoms with Gasteiger partial charge in [0, 0.05) is 36.0 Å². The minimum atomic E-state index is -0.408. The number of carbonyl (C=O) groups excluding carboxylic acids is 2. The summed E-state index contributed by atoms with van der Waals surface area (Å²) in [7, 11) is 0. The van der Waals surface area contributed by atoms with E-state index in [1.807, 2.05) is 71.5 Å². The molecular weight excluding hydrogens is 408 g/mol. The van der Waals surface area contributed by atoms with Gasteiger partial charge in [0.25, 0.3) is 0 Å². The summed E-state index contributed by atoms with van der Waals surface area (Å²) in [5.74, 6) is 0.621. The number of carbonyl (C=O) groups is 2. The molecule has 3 heterocycles. The molecule has 2 aromatic carbocycles. The summed E-state index contributed by atoms with van der Waals surface area (Å²) in [6.45, 7) is 2.42. The van der Waals surface area contributed by atoms with Gasteiger partial charge in [0.05, 0.1) is 16.3 Å². The van der Waals surface area contributed by atoms with Crippen molar-refractivity contribution in [2.45, 2.75) is 37.2 Å². The van der Waals surface area contributed by atoms with Crippen molar-refractivity contribution in [2.24, 2.45) is 0 Å². The number of rotatable bonds is 5. The molecule has 0 saturated carbocycles. The molecule has 0 radical (unpaired) electrons. The third-order valence-electron chi connectivity index (χ3n) is 6.06. The summed E-state index contributed by atoms with van der Waals surface area (Å²) < 4.78 is 1.84. The smallest absolute Gasteiger partial charge is 0.243 e. The topological polar surface area (TPSA) is 67.2 Å². The zero-order valence-corrected chi connectivity index (χ0v) is 18.1. The molecule has 2 amide bonds. The zero-order valence-electron chi connectivity index (χ0n) is 17.3. The van der Waals surface area contributed by atoms with E-state index in [9.17, 15) is 9.59 Å². The highest BCUT2D eigenvalue weighted by atomic mass is 32.2. The quantitative estimate of drug-likeness (QED) is 0.669. The largest absolute Gasteiger partial charge is 0.350 e. The lowest BCUT2D eigenvalue weighted by Crippen LogP contribution is -2.49. The Balaban J connectivity index is 1.39. The van der Waals surface area contributed by atoms with Crippen LogP contribution in [0.1, 0.15) is 25.3 Å². The van der Waals surface area contributed by atoms with Gasteiger partial charge in [-0.3, -0.25) is 9.59 Å². The number of thioether (sulfide) groups is 1. The van der Waals surface area contributed by atoms with Crippen LogP contribution in [0.2, 0.25) is 0 Å². The van der Waals surface area contributed by atoms with Crippen molar-refractivity contribution in [2.75, 3.05) is 5.75 Å². The summed E-state index contributed by atoms with van der Waals surface area (Å²) >= 11 is 1.71. The molecule has 31 heavy (non-hydrogen) atoms. The number of nitrogens with one attached hydrogen (secondary N) is 1. The average molecular weight is 433 g/mol. The summed E-state index contributed by atoms with van der Waals surface area (Å²) in [6, 6.07) is 19.5. The van der Waals surface area contributed by atoms with E-state index in [2.05, 4.69) is 12.2 Å². The molecule has 2 aliphatic heterocycles. The lowest BCUT2D eigenvalue weighted by Gasteiger charge is -2.29. The van der Waals surface area contributed by atoms with Crippen LogP contribution in [0, 0.1) is 0 Å². The molecule has 0 aliphatic carbocycles. The lowest BCUT2D eigenvalue weighted by molar-refractivity contribution is -0.138. The molecule has 158 valence electrons. The van der Waals surface area contributed by atoms with E-state index in [0.29, 0.717) is 18.7 Å². The number of nitrogens with zero attached hydrogens (tertiary/aromatic N) is 3. The molecule has 7 heteroatoms. The first-order valence-corrected chi connectivity index (χ1v) is 11.5. The molecule has 0 spiro atoms. The highest BCUT2D eigenvalue weighted by molar-refractivity contribution is 8.01. The maximum atomic E-state index is 13.0. The maximum Gasteiger partial charge on any atom is 0.243 e. The molecule has 2 aliphatic rings. The number of benzene rings is 2. The standard InChI is InChI=1S/C24H24N4O2S/c1-24-13-12-21(29)28(24)20(16-31-24)23(30)25-14-18-15-27(19-10-6-3-7-11-19)26-22(18)17-8-4-2-5-9-17/h2-11,15,20H,12-14,16H2,1H3,(H,25,30)/t20-,24-/m0/s1. The summed E-state index contributed by atoms with van der Waals surface area (Å²) in [4.78, 5) is 26.9. The van der Waals surface area contributed by atoms with Crippen molar-refractivity contribution in [3.8, 4) is 16.9 Å². The molecule has 0 unspecified atom stereocenters. The first-order valence-electron chi connectivity index (χ1n) is 10.5. The van der Waals surface area contributed by atoms with Crippen LogP contribution in [0.5, 0.6) is 0 Å². The number of para-hydroxylation sites is 1. The molecule has 1 aromatic heterocycles. The molecule has 2 saturated heterocycles. The number of fused-ring (bicyclic) bond motifs is 1. The second-order valence-electron chi connectivity index (χ2n) is 8.13. The normalized spacial score (nSPS) is 22.5. The van der Waals surface area contributed by atoms with E-state index in [1.54, 1.807) is 16.7 Å². The van der Waals surface area contributed by atoms with Crippen molar-refractivity contribution in [1.82, 2.24) is 20.0 Å². The molecule has 5 rings (SSSR count). The van der Waals surface area contributed by atoms with Gasteiger partial charge < -0.3 is 10.2 Å². The highest BCUT2D eigenvalue weighted by Gasteiger charge is 2.52. The second kappa shape index (κ2) is 7.89. The van der Waals surface area contributed by atoms with Crippen molar-refractivity contribution >= 4 is 23.6 Å². The van der Waals surface area contributed by atoms with Crippen LogP contribution in [0.25, 0.3) is 16.9 Å². The van der Waals surface area contributed by atoms with E-state index in [-0.39, 0.29) is 16.7 Å². The van der Waals surface area contributed by atoms with Crippen LogP contribution in [0.15, 0.2) is 66.9 Å². The van der Waals surface area contributed by atoms with Crippen LogP contribution in [0.3, 0.4) is 0 Å². The number of hydrogen-bond donors (Lipinski definition) is 1. The fourth-order valence-electron chi connectivity index (χ4n) is 4.41. The van der Waals surface area contributed by atoms with E-state index >= 15 is 0 Å². The Morgan fingerprint density at radius 1 is 1.16 bits per heavy atom. The molecule has 0 bridgehead atoms. The van der Waals surface area contributed by atoms with E-state index in [0.717, 1.165) is 28.9 Å². The molecule has 6 nitrogen and oxygen atoms in total. The third-order valence-corrected chi connectivity index (χ3v) is 7.56. The molecule has 2 atom stereocenters. The zero-order chi connectivity index (χ0) is 21.4. The molecule has 2 fully saturated rings. The van der Waals surface area contributed by atoms with Crippen LogP contribution in [-0.2, 0) is 16.1 Å². The first-order chi connectivity index (χ1) is 15.0. The van der Waals surface area contributed by atoms with Crippen molar-refractivity contribution in [3.63, 3.8) is 0 Å². The van der Waals surface area contributed by atoms with Gasteiger partial charge in [-0.05, 0) is 25.5 Å². The first kappa shape index (κ1) is 19.9. The van der Waals surface area contributed by atoms with Crippen LogP contribution in [-0.4, -0.2) is 43.2 Å². The fourth-order valence-corrected chi connectivity index (χ4v) is 5.84. The van der Waals surface area contributed by atoms with Gasteiger partial charge in [-0.1, -0.05) is 48.5 Å². The predicted octanol–water partition coefficient (Wildman–Crippen LogP) is 3.61. The van der Waals surface area contributed by atoms with Gasteiger partial charge in [-0.25, -0.2) is 4.68 Å².